The zero-order valence-corrected chi connectivity index (χ0v) is 12.2. The predicted octanol–water partition coefficient (Wildman–Crippen LogP) is 1.55. The minimum atomic E-state index is -0.322. The van der Waals surface area contributed by atoms with E-state index in [2.05, 4.69) is 24.5 Å². The quantitative estimate of drug-likeness (QED) is 0.693. The molecule has 0 aromatic carbocycles. The highest BCUT2D eigenvalue weighted by molar-refractivity contribution is 5.80. The van der Waals surface area contributed by atoms with Crippen LogP contribution in [-0.4, -0.2) is 38.3 Å². The molecule has 106 valence electrons. The van der Waals surface area contributed by atoms with Crippen molar-refractivity contribution in [1.82, 2.24) is 10.6 Å². The molecule has 1 unspecified atom stereocenters. The second-order valence-electron chi connectivity index (χ2n) is 5.77. The molecule has 1 amide bonds. The molecule has 0 aromatic heterocycles. The molecule has 4 heteroatoms. The van der Waals surface area contributed by atoms with E-state index in [4.69, 9.17) is 4.74 Å². The first-order valence-electron chi connectivity index (χ1n) is 7.10. The van der Waals surface area contributed by atoms with Gasteiger partial charge in [0.1, 0.15) is 6.10 Å². The van der Waals surface area contributed by atoms with E-state index in [-0.39, 0.29) is 18.1 Å². The van der Waals surface area contributed by atoms with Gasteiger partial charge < -0.3 is 15.4 Å². The lowest BCUT2D eigenvalue weighted by Crippen LogP contribution is -2.43. The summed E-state index contributed by atoms with van der Waals surface area (Å²) in [5.41, 5.74) is 0. The Labute approximate surface area is 111 Å². The van der Waals surface area contributed by atoms with Crippen molar-refractivity contribution in [2.24, 2.45) is 11.8 Å². The lowest BCUT2D eigenvalue weighted by atomic mass is 9.82. The molecule has 0 bridgehead atoms. The molecular weight excluding hydrogens is 228 g/mol. The van der Waals surface area contributed by atoms with Gasteiger partial charge in [0.2, 0.25) is 5.91 Å². The first-order chi connectivity index (χ1) is 8.52. The molecule has 1 saturated carbocycles. The van der Waals surface area contributed by atoms with Crippen molar-refractivity contribution >= 4 is 5.91 Å². The number of hydrogen-bond acceptors (Lipinski definition) is 3. The van der Waals surface area contributed by atoms with Gasteiger partial charge in [0.25, 0.3) is 0 Å². The summed E-state index contributed by atoms with van der Waals surface area (Å²) in [5.74, 6) is 1.36. The van der Waals surface area contributed by atoms with Crippen LogP contribution < -0.4 is 10.6 Å². The van der Waals surface area contributed by atoms with Crippen molar-refractivity contribution < 1.29 is 9.53 Å². The fraction of sp³-hybridized carbons (Fsp3) is 0.929. The fourth-order valence-electron chi connectivity index (χ4n) is 2.22. The van der Waals surface area contributed by atoms with E-state index in [1.54, 1.807) is 0 Å². The SMILES string of the molecule is CNCC1CC(OC(C)C(=O)NCCC(C)C)C1. The summed E-state index contributed by atoms with van der Waals surface area (Å²) in [6.07, 6.45) is 3.12. The summed E-state index contributed by atoms with van der Waals surface area (Å²) in [5, 5.41) is 6.10. The van der Waals surface area contributed by atoms with E-state index in [0.29, 0.717) is 5.92 Å². The molecule has 4 nitrogen and oxygen atoms in total. The number of hydrogen-bond donors (Lipinski definition) is 2. The third-order valence-electron chi connectivity index (χ3n) is 3.47. The smallest absolute Gasteiger partial charge is 0.248 e. The Morgan fingerprint density at radius 1 is 1.33 bits per heavy atom. The third-order valence-corrected chi connectivity index (χ3v) is 3.47. The molecule has 0 aliphatic heterocycles. The summed E-state index contributed by atoms with van der Waals surface area (Å²) in [6, 6.07) is 0. The van der Waals surface area contributed by atoms with E-state index in [1.807, 2.05) is 14.0 Å². The standard InChI is InChI=1S/C14H28N2O2/c1-10(2)5-6-16-14(17)11(3)18-13-7-12(8-13)9-15-4/h10-13,15H,5-9H2,1-4H3,(H,16,17). The van der Waals surface area contributed by atoms with E-state index in [1.165, 1.54) is 0 Å². The van der Waals surface area contributed by atoms with Gasteiger partial charge in [-0.05, 0) is 51.6 Å². The highest BCUT2D eigenvalue weighted by Gasteiger charge is 2.31. The maximum absolute atomic E-state index is 11.8. The number of ether oxygens (including phenoxy) is 1. The highest BCUT2D eigenvalue weighted by atomic mass is 16.5. The molecule has 1 fully saturated rings. The second-order valence-corrected chi connectivity index (χ2v) is 5.77. The molecule has 0 radical (unpaired) electrons. The first-order valence-corrected chi connectivity index (χ1v) is 7.10. The van der Waals surface area contributed by atoms with Gasteiger partial charge in [-0.3, -0.25) is 4.79 Å². The van der Waals surface area contributed by atoms with E-state index >= 15 is 0 Å². The Morgan fingerprint density at radius 3 is 2.56 bits per heavy atom. The van der Waals surface area contributed by atoms with Gasteiger partial charge in [-0.2, -0.15) is 0 Å². The van der Waals surface area contributed by atoms with Gasteiger partial charge in [0, 0.05) is 6.54 Å². The summed E-state index contributed by atoms with van der Waals surface area (Å²) in [6.45, 7) is 7.95. The summed E-state index contributed by atoms with van der Waals surface area (Å²) >= 11 is 0. The zero-order chi connectivity index (χ0) is 13.5. The Kier molecular flexibility index (Phi) is 6.65. The Bertz CT molecular complexity index is 250. The second kappa shape index (κ2) is 7.74. The molecule has 1 aliphatic carbocycles. The van der Waals surface area contributed by atoms with Crippen LogP contribution >= 0.6 is 0 Å². The Morgan fingerprint density at radius 2 is 2.00 bits per heavy atom. The van der Waals surface area contributed by atoms with Crippen molar-refractivity contribution in [2.75, 3.05) is 20.1 Å². The maximum atomic E-state index is 11.8. The molecular formula is C14H28N2O2. The molecule has 2 N–H and O–H groups in total. The average molecular weight is 256 g/mol. The number of carbonyl (C=O) groups is 1. The van der Waals surface area contributed by atoms with E-state index < -0.39 is 0 Å². The van der Waals surface area contributed by atoms with Gasteiger partial charge in [0.15, 0.2) is 0 Å². The molecule has 1 rings (SSSR count). The Hall–Kier alpha value is -0.610. The lowest BCUT2D eigenvalue weighted by molar-refractivity contribution is -0.141. The van der Waals surface area contributed by atoms with Crippen LogP contribution in [0.25, 0.3) is 0 Å². The molecule has 0 saturated heterocycles. The van der Waals surface area contributed by atoms with Gasteiger partial charge >= 0.3 is 0 Å². The highest BCUT2D eigenvalue weighted by Crippen LogP contribution is 2.30. The van der Waals surface area contributed by atoms with Crippen LogP contribution in [0, 0.1) is 11.8 Å². The normalized spacial score (nSPS) is 24.7. The minimum Gasteiger partial charge on any atom is -0.365 e. The summed E-state index contributed by atoms with van der Waals surface area (Å²) < 4.78 is 5.74. The van der Waals surface area contributed by atoms with Gasteiger partial charge in [-0.25, -0.2) is 0 Å². The number of carbonyl (C=O) groups excluding carboxylic acids is 1. The van der Waals surface area contributed by atoms with Crippen LogP contribution in [0.2, 0.25) is 0 Å². The van der Waals surface area contributed by atoms with Crippen molar-refractivity contribution in [1.29, 1.82) is 0 Å². The topological polar surface area (TPSA) is 50.4 Å². The van der Waals surface area contributed by atoms with Crippen LogP contribution in [-0.2, 0) is 9.53 Å². The molecule has 1 aliphatic rings. The largest absolute Gasteiger partial charge is 0.365 e. The summed E-state index contributed by atoms with van der Waals surface area (Å²) in [4.78, 5) is 11.8. The third kappa shape index (κ3) is 5.36. The van der Waals surface area contributed by atoms with E-state index in [0.717, 1.165) is 38.3 Å². The van der Waals surface area contributed by atoms with Crippen LogP contribution in [0.3, 0.4) is 0 Å². The van der Waals surface area contributed by atoms with Crippen LogP contribution in [0.1, 0.15) is 40.0 Å². The molecule has 1 atom stereocenters. The number of rotatable bonds is 8. The molecule has 0 aromatic rings. The monoisotopic (exact) mass is 256 g/mol. The fourth-order valence-corrected chi connectivity index (χ4v) is 2.22. The van der Waals surface area contributed by atoms with Crippen LogP contribution in [0.5, 0.6) is 0 Å². The molecule has 18 heavy (non-hydrogen) atoms. The Balaban J connectivity index is 2.09. The number of nitrogens with one attached hydrogen (secondary N) is 2. The average Bonchev–Trinajstić information content (AvgIpc) is 2.25. The number of amides is 1. The summed E-state index contributed by atoms with van der Waals surface area (Å²) in [7, 11) is 1.97. The van der Waals surface area contributed by atoms with Gasteiger partial charge in [-0.1, -0.05) is 13.8 Å². The van der Waals surface area contributed by atoms with Crippen LogP contribution in [0.15, 0.2) is 0 Å². The first kappa shape index (κ1) is 15.4. The zero-order valence-electron chi connectivity index (χ0n) is 12.2. The van der Waals surface area contributed by atoms with E-state index in [9.17, 15) is 4.79 Å². The van der Waals surface area contributed by atoms with Gasteiger partial charge in [0.05, 0.1) is 6.10 Å². The van der Waals surface area contributed by atoms with Gasteiger partial charge in [-0.15, -0.1) is 0 Å². The maximum Gasteiger partial charge on any atom is 0.248 e. The van der Waals surface area contributed by atoms with Crippen molar-refractivity contribution in [3.05, 3.63) is 0 Å². The molecule has 0 heterocycles. The van der Waals surface area contributed by atoms with Crippen molar-refractivity contribution in [3.8, 4) is 0 Å². The predicted molar refractivity (Wildman–Crippen MR) is 73.5 cm³/mol. The minimum absolute atomic E-state index is 0.0210. The van der Waals surface area contributed by atoms with Crippen molar-refractivity contribution in [2.45, 2.75) is 52.2 Å². The molecule has 0 spiro atoms. The van der Waals surface area contributed by atoms with Crippen LogP contribution in [0.4, 0.5) is 0 Å². The lowest BCUT2D eigenvalue weighted by Gasteiger charge is -2.36. The van der Waals surface area contributed by atoms with Crippen molar-refractivity contribution in [3.63, 3.8) is 0 Å².